The van der Waals surface area contributed by atoms with Crippen molar-refractivity contribution in [3.8, 4) is 11.4 Å². The molecule has 1 unspecified atom stereocenters. The Balaban J connectivity index is 0.00000264. The molecule has 0 spiro atoms. The summed E-state index contributed by atoms with van der Waals surface area (Å²) in [6.45, 7) is 4.55. The van der Waals surface area contributed by atoms with Crippen LogP contribution in [0.15, 0.2) is 30.5 Å². The van der Waals surface area contributed by atoms with Crippen molar-refractivity contribution in [2.75, 3.05) is 20.7 Å². The molecule has 6 nitrogen and oxygen atoms in total. The van der Waals surface area contributed by atoms with E-state index in [0.717, 1.165) is 11.3 Å². The Labute approximate surface area is 142 Å². The predicted octanol–water partition coefficient (Wildman–Crippen LogP) is 1.95. The first-order valence-corrected chi connectivity index (χ1v) is 7.21. The lowest BCUT2D eigenvalue weighted by Gasteiger charge is -2.10. The fraction of sp³-hybridized carbons (Fsp3) is 0.375. The van der Waals surface area contributed by atoms with Crippen LogP contribution in [0.3, 0.4) is 0 Å². The number of aromatic nitrogens is 2. The zero-order valence-electron chi connectivity index (χ0n) is 13.8. The summed E-state index contributed by atoms with van der Waals surface area (Å²) in [6.07, 6.45) is 1.76. The number of hydrogen-bond acceptors (Lipinski definition) is 4. The van der Waals surface area contributed by atoms with Crippen LogP contribution < -0.4 is 15.4 Å². The van der Waals surface area contributed by atoms with Gasteiger partial charge in [-0.05, 0) is 44.7 Å². The number of nitrogens with zero attached hydrogens (tertiary/aromatic N) is 2. The van der Waals surface area contributed by atoms with E-state index in [2.05, 4.69) is 15.7 Å². The van der Waals surface area contributed by atoms with E-state index in [0.29, 0.717) is 18.0 Å². The van der Waals surface area contributed by atoms with Crippen LogP contribution in [-0.2, 0) is 0 Å². The van der Waals surface area contributed by atoms with Crippen molar-refractivity contribution < 1.29 is 9.53 Å². The second kappa shape index (κ2) is 8.55. The van der Waals surface area contributed by atoms with Crippen LogP contribution in [0.2, 0.25) is 0 Å². The first-order valence-electron chi connectivity index (χ1n) is 7.21. The molecule has 2 N–H and O–H groups in total. The molecule has 0 aliphatic rings. The Morgan fingerprint density at radius 2 is 2.13 bits per heavy atom. The van der Waals surface area contributed by atoms with Gasteiger partial charge in [0.1, 0.15) is 11.4 Å². The second-order valence-electron chi connectivity index (χ2n) is 5.22. The molecule has 7 heteroatoms. The molecular weight excluding hydrogens is 316 g/mol. The number of methoxy groups -OCH3 is 1. The maximum absolute atomic E-state index is 12.1. The summed E-state index contributed by atoms with van der Waals surface area (Å²) in [5.74, 6) is 0.525. The summed E-state index contributed by atoms with van der Waals surface area (Å²) in [5, 5.41) is 10.3. The molecule has 0 saturated carbocycles. The van der Waals surface area contributed by atoms with Crippen molar-refractivity contribution in [3.63, 3.8) is 0 Å². The highest BCUT2D eigenvalue weighted by Gasteiger charge is 2.13. The largest absolute Gasteiger partial charge is 0.494 e. The van der Waals surface area contributed by atoms with Crippen LogP contribution in [0.5, 0.6) is 5.75 Å². The third kappa shape index (κ3) is 4.71. The van der Waals surface area contributed by atoms with Gasteiger partial charge in [-0.1, -0.05) is 6.07 Å². The van der Waals surface area contributed by atoms with E-state index >= 15 is 0 Å². The molecule has 1 heterocycles. The van der Waals surface area contributed by atoms with E-state index in [1.165, 1.54) is 0 Å². The second-order valence-corrected chi connectivity index (χ2v) is 5.22. The number of amides is 1. The van der Waals surface area contributed by atoms with Crippen molar-refractivity contribution in [3.05, 3.63) is 41.7 Å². The van der Waals surface area contributed by atoms with Crippen LogP contribution in [-0.4, -0.2) is 42.4 Å². The van der Waals surface area contributed by atoms with Crippen molar-refractivity contribution in [1.29, 1.82) is 0 Å². The lowest BCUT2D eigenvalue weighted by molar-refractivity contribution is 0.0945. The smallest absolute Gasteiger partial charge is 0.271 e. The summed E-state index contributed by atoms with van der Waals surface area (Å²) in [6, 6.07) is 7.74. The monoisotopic (exact) mass is 338 g/mol. The number of aryl methyl sites for hydroxylation is 1. The highest BCUT2D eigenvalue weighted by Crippen LogP contribution is 2.23. The molecule has 0 saturated heterocycles. The fourth-order valence-corrected chi connectivity index (χ4v) is 2.00. The van der Waals surface area contributed by atoms with Crippen LogP contribution in [0.4, 0.5) is 0 Å². The molecule has 1 atom stereocenters. The summed E-state index contributed by atoms with van der Waals surface area (Å²) < 4.78 is 7.00. The Bertz CT molecular complexity index is 657. The predicted molar refractivity (Wildman–Crippen MR) is 93.0 cm³/mol. The molecule has 1 aromatic carbocycles. The summed E-state index contributed by atoms with van der Waals surface area (Å²) in [7, 11) is 3.47. The highest BCUT2D eigenvalue weighted by molar-refractivity contribution is 5.92. The van der Waals surface area contributed by atoms with Gasteiger partial charge in [-0.15, -0.1) is 12.4 Å². The number of carbonyl (C=O) groups excluding carboxylic acids is 1. The van der Waals surface area contributed by atoms with E-state index < -0.39 is 0 Å². The first kappa shape index (κ1) is 19.0. The SMILES string of the molecule is CNC(C)CNC(=O)c1ccn(-c2cc(C)ccc2OC)n1.Cl. The molecule has 1 aromatic heterocycles. The number of likely N-dealkylation sites (N-methyl/N-ethyl adjacent to an activating group) is 1. The molecule has 0 bridgehead atoms. The molecule has 0 fully saturated rings. The van der Waals surface area contributed by atoms with Crippen LogP contribution in [0, 0.1) is 6.92 Å². The maximum atomic E-state index is 12.1. The van der Waals surface area contributed by atoms with Gasteiger partial charge in [0.05, 0.1) is 7.11 Å². The number of ether oxygens (including phenoxy) is 1. The van der Waals surface area contributed by atoms with E-state index in [9.17, 15) is 4.79 Å². The number of hydrogen-bond donors (Lipinski definition) is 2. The van der Waals surface area contributed by atoms with E-state index in [1.807, 2.05) is 39.1 Å². The quantitative estimate of drug-likeness (QED) is 0.844. The zero-order chi connectivity index (χ0) is 16.1. The topological polar surface area (TPSA) is 68.2 Å². The molecule has 0 aliphatic carbocycles. The average Bonchev–Trinajstić information content (AvgIpc) is 3.02. The number of halogens is 1. The Morgan fingerprint density at radius 1 is 1.39 bits per heavy atom. The van der Waals surface area contributed by atoms with Crippen molar-refractivity contribution >= 4 is 18.3 Å². The van der Waals surface area contributed by atoms with Gasteiger partial charge >= 0.3 is 0 Å². The number of carbonyl (C=O) groups is 1. The van der Waals surface area contributed by atoms with Gasteiger partial charge in [0, 0.05) is 18.8 Å². The lowest BCUT2D eigenvalue weighted by atomic mass is 10.2. The molecule has 0 aliphatic heterocycles. The maximum Gasteiger partial charge on any atom is 0.271 e. The van der Waals surface area contributed by atoms with E-state index in [1.54, 1.807) is 24.1 Å². The van der Waals surface area contributed by atoms with Crippen LogP contribution >= 0.6 is 12.4 Å². The van der Waals surface area contributed by atoms with Gasteiger partial charge in [-0.3, -0.25) is 4.79 Å². The molecule has 126 valence electrons. The van der Waals surface area contributed by atoms with Gasteiger partial charge in [0.2, 0.25) is 0 Å². The molecule has 0 radical (unpaired) electrons. The Morgan fingerprint density at radius 3 is 2.78 bits per heavy atom. The number of benzene rings is 1. The van der Waals surface area contributed by atoms with Crippen molar-refractivity contribution in [1.82, 2.24) is 20.4 Å². The van der Waals surface area contributed by atoms with Crippen molar-refractivity contribution in [2.24, 2.45) is 0 Å². The molecule has 1 amide bonds. The standard InChI is InChI=1S/C16H22N4O2.ClH/c1-11-5-6-15(22-4)14(9-11)20-8-7-13(19-20)16(21)18-10-12(2)17-3;/h5-9,12,17H,10H2,1-4H3,(H,18,21);1H. The molecule has 2 aromatic rings. The fourth-order valence-electron chi connectivity index (χ4n) is 2.00. The third-order valence-electron chi connectivity index (χ3n) is 3.46. The minimum absolute atomic E-state index is 0. The molecule has 23 heavy (non-hydrogen) atoms. The summed E-state index contributed by atoms with van der Waals surface area (Å²) >= 11 is 0. The average molecular weight is 339 g/mol. The minimum atomic E-state index is -0.188. The zero-order valence-corrected chi connectivity index (χ0v) is 14.6. The minimum Gasteiger partial charge on any atom is -0.494 e. The Hall–Kier alpha value is -2.05. The number of nitrogens with one attached hydrogen (secondary N) is 2. The van der Waals surface area contributed by atoms with Gasteiger partial charge in [-0.25, -0.2) is 4.68 Å². The normalized spacial score (nSPS) is 11.5. The van der Waals surface area contributed by atoms with Gasteiger partial charge in [0.25, 0.3) is 5.91 Å². The lowest BCUT2D eigenvalue weighted by Crippen LogP contribution is -2.37. The number of rotatable bonds is 6. The molecule has 2 rings (SSSR count). The van der Waals surface area contributed by atoms with Crippen LogP contribution in [0.1, 0.15) is 23.0 Å². The summed E-state index contributed by atoms with van der Waals surface area (Å²) in [4.78, 5) is 12.1. The van der Waals surface area contributed by atoms with Gasteiger partial charge in [0.15, 0.2) is 5.69 Å². The summed E-state index contributed by atoms with van der Waals surface area (Å²) in [5.41, 5.74) is 2.29. The molecular formula is C16H23ClN4O2. The van der Waals surface area contributed by atoms with Crippen LogP contribution in [0.25, 0.3) is 5.69 Å². The van der Waals surface area contributed by atoms with E-state index in [4.69, 9.17) is 4.74 Å². The Kier molecular flexibility index (Phi) is 7.06. The van der Waals surface area contributed by atoms with E-state index in [-0.39, 0.29) is 24.4 Å². The third-order valence-corrected chi connectivity index (χ3v) is 3.46. The van der Waals surface area contributed by atoms with Gasteiger partial charge in [-0.2, -0.15) is 5.10 Å². The first-order chi connectivity index (χ1) is 10.5. The van der Waals surface area contributed by atoms with Gasteiger partial charge < -0.3 is 15.4 Å². The van der Waals surface area contributed by atoms with Crippen molar-refractivity contribution in [2.45, 2.75) is 19.9 Å². The highest BCUT2D eigenvalue weighted by atomic mass is 35.5.